The number of amides is 1. The van der Waals surface area contributed by atoms with E-state index >= 15 is 0 Å². The van der Waals surface area contributed by atoms with Gasteiger partial charge in [-0.2, -0.15) is 23.4 Å². The van der Waals surface area contributed by atoms with Gasteiger partial charge in [0.1, 0.15) is 0 Å². The Morgan fingerprint density at radius 1 is 0.950 bits per heavy atom. The molecule has 4 aromatic heterocycles. The molecule has 0 aliphatic carbocycles. The Hall–Kier alpha value is -4.34. The summed E-state index contributed by atoms with van der Waals surface area (Å²) in [6, 6.07) is 6.43. The Morgan fingerprint density at radius 2 is 1.62 bits per heavy atom. The highest BCUT2D eigenvalue weighted by atomic mass is 32.1. The lowest BCUT2D eigenvalue weighted by molar-refractivity contribution is -0.142. The maximum Gasteiger partial charge on any atom is 0.433 e. The molecule has 5 aromatic rings. The molecule has 0 fully saturated rings. The van der Waals surface area contributed by atoms with Crippen molar-refractivity contribution in [2.24, 2.45) is 0 Å². The van der Waals surface area contributed by atoms with Crippen LogP contribution in [-0.4, -0.2) is 30.3 Å². The third-order valence-corrected chi connectivity index (χ3v) is 6.97. The van der Waals surface area contributed by atoms with Crippen LogP contribution in [0.1, 0.15) is 33.5 Å². The average Bonchev–Trinajstić information content (AvgIpc) is 3.67. The molecule has 4 heterocycles. The van der Waals surface area contributed by atoms with Crippen molar-refractivity contribution in [1.29, 1.82) is 0 Å². The monoisotopic (exact) mass is 586 g/mol. The van der Waals surface area contributed by atoms with Crippen LogP contribution in [-0.2, 0) is 19.1 Å². The Bertz CT molecular complexity index is 1740. The van der Waals surface area contributed by atoms with E-state index < -0.39 is 64.7 Å². The van der Waals surface area contributed by atoms with Gasteiger partial charge >= 0.3 is 6.18 Å². The standard InChI is InChI=1S/C24H14F8N6OS/c1-2-10-3-4-14(40-10)12-7-15(24(30,31)32)38-17(33-12)8-13(35-38)23(39)34-16-5-6-37(36-16)9-11-18(25)20(27)22(29)21(28)19(11)26/h3-8H,2,9H2,1H3,(H,34,36,39). The molecule has 16 heteroatoms. The summed E-state index contributed by atoms with van der Waals surface area (Å²) in [4.78, 5) is 18.4. The predicted molar refractivity (Wildman–Crippen MR) is 126 cm³/mol. The molecule has 1 aromatic carbocycles. The van der Waals surface area contributed by atoms with Gasteiger partial charge in [0, 0.05) is 23.2 Å². The SMILES string of the molecule is CCc1ccc(-c2cc(C(F)(F)F)n3nc(C(=O)Nc4ccn(Cc5c(F)c(F)c(F)c(F)c5F)n4)cc3n2)s1. The number of anilines is 1. The first-order chi connectivity index (χ1) is 18.9. The fourth-order valence-electron chi connectivity index (χ4n) is 3.77. The molecule has 7 nitrogen and oxygen atoms in total. The molecule has 208 valence electrons. The molecule has 1 amide bonds. The number of hydrogen-bond acceptors (Lipinski definition) is 5. The van der Waals surface area contributed by atoms with Crippen molar-refractivity contribution in [3.8, 4) is 10.6 Å². The smallest absolute Gasteiger partial charge is 0.304 e. The van der Waals surface area contributed by atoms with Crippen LogP contribution in [0.2, 0.25) is 0 Å². The minimum absolute atomic E-state index is 0.0447. The molecule has 5 rings (SSSR count). The molecular weight excluding hydrogens is 572 g/mol. The lowest BCUT2D eigenvalue weighted by Gasteiger charge is -2.10. The van der Waals surface area contributed by atoms with E-state index in [0.29, 0.717) is 15.8 Å². The molecule has 0 saturated heterocycles. The van der Waals surface area contributed by atoms with Gasteiger partial charge in [-0.15, -0.1) is 11.3 Å². The molecule has 0 aliphatic rings. The number of thiophene rings is 1. The topological polar surface area (TPSA) is 77.1 Å². The molecule has 1 N–H and O–H groups in total. The summed E-state index contributed by atoms with van der Waals surface area (Å²) in [6.45, 7) is 1.03. The molecule has 0 bridgehead atoms. The van der Waals surface area contributed by atoms with Crippen molar-refractivity contribution in [2.45, 2.75) is 26.1 Å². The van der Waals surface area contributed by atoms with Gasteiger partial charge in [0.15, 0.2) is 46.1 Å². The van der Waals surface area contributed by atoms with Crippen LogP contribution < -0.4 is 5.32 Å². The summed E-state index contributed by atoms with van der Waals surface area (Å²) in [7, 11) is 0. The zero-order valence-corrected chi connectivity index (χ0v) is 20.8. The summed E-state index contributed by atoms with van der Waals surface area (Å²) in [6.07, 6.45) is -3.06. The number of fused-ring (bicyclic) bond motifs is 1. The van der Waals surface area contributed by atoms with Crippen molar-refractivity contribution >= 4 is 28.7 Å². The van der Waals surface area contributed by atoms with E-state index in [2.05, 4.69) is 20.5 Å². The van der Waals surface area contributed by atoms with E-state index in [1.807, 2.05) is 6.92 Å². The molecule has 0 saturated carbocycles. The number of hydrogen-bond donors (Lipinski definition) is 1. The van der Waals surface area contributed by atoms with Gasteiger partial charge in [-0.25, -0.2) is 31.5 Å². The Labute approximate surface area is 222 Å². The zero-order chi connectivity index (χ0) is 28.9. The normalized spacial score (nSPS) is 11.9. The Balaban J connectivity index is 1.42. The Morgan fingerprint density at radius 3 is 2.25 bits per heavy atom. The predicted octanol–water partition coefficient (Wildman–Crippen LogP) is 6.23. The maximum atomic E-state index is 14.0. The minimum atomic E-state index is -4.83. The molecule has 0 aliphatic heterocycles. The number of rotatable bonds is 6. The summed E-state index contributed by atoms with van der Waals surface area (Å²) in [5, 5.41) is 9.78. The van der Waals surface area contributed by atoms with E-state index in [4.69, 9.17) is 0 Å². The van der Waals surface area contributed by atoms with E-state index in [-0.39, 0.29) is 17.2 Å². The Kier molecular flexibility index (Phi) is 6.81. The van der Waals surface area contributed by atoms with E-state index in [1.54, 1.807) is 12.1 Å². The second-order valence-electron chi connectivity index (χ2n) is 8.34. The third kappa shape index (κ3) is 4.89. The summed E-state index contributed by atoms with van der Waals surface area (Å²) < 4.78 is 111. The van der Waals surface area contributed by atoms with Gasteiger partial charge in [-0.3, -0.25) is 9.48 Å². The molecule has 0 radical (unpaired) electrons. The number of benzene rings is 1. The van der Waals surface area contributed by atoms with Crippen LogP contribution in [0.15, 0.2) is 36.5 Å². The van der Waals surface area contributed by atoms with Gasteiger partial charge in [-0.1, -0.05) is 6.92 Å². The minimum Gasteiger partial charge on any atom is -0.304 e. The first-order valence-electron chi connectivity index (χ1n) is 11.3. The van der Waals surface area contributed by atoms with Crippen molar-refractivity contribution < 1.29 is 39.9 Å². The summed E-state index contributed by atoms with van der Waals surface area (Å²) >= 11 is 1.28. The summed E-state index contributed by atoms with van der Waals surface area (Å²) in [5.74, 6) is -11.9. The number of alkyl halides is 3. The van der Waals surface area contributed by atoms with Crippen LogP contribution >= 0.6 is 11.3 Å². The van der Waals surface area contributed by atoms with Gasteiger partial charge in [0.25, 0.3) is 5.91 Å². The van der Waals surface area contributed by atoms with Crippen LogP contribution in [0, 0.1) is 29.1 Å². The van der Waals surface area contributed by atoms with Crippen molar-refractivity contribution in [2.75, 3.05) is 5.32 Å². The highest BCUT2D eigenvalue weighted by Crippen LogP contribution is 2.34. The van der Waals surface area contributed by atoms with Gasteiger partial charge < -0.3 is 5.32 Å². The van der Waals surface area contributed by atoms with Crippen LogP contribution in [0.3, 0.4) is 0 Å². The number of nitrogens with one attached hydrogen (secondary N) is 1. The number of aryl methyl sites for hydroxylation is 1. The van der Waals surface area contributed by atoms with Crippen LogP contribution in [0.25, 0.3) is 16.2 Å². The lowest BCUT2D eigenvalue weighted by atomic mass is 10.1. The van der Waals surface area contributed by atoms with E-state index in [1.165, 1.54) is 11.3 Å². The maximum absolute atomic E-state index is 14.0. The number of halogens is 8. The van der Waals surface area contributed by atoms with Crippen molar-refractivity contribution in [3.63, 3.8) is 0 Å². The highest BCUT2D eigenvalue weighted by Gasteiger charge is 2.36. The molecule has 40 heavy (non-hydrogen) atoms. The fourth-order valence-corrected chi connectivity index (χ4v) is 4.68. The number of carbonyl (C=O) groups excluding carboxylic acids is 1. The highest BCUT2D eigenvalue weighted by molar-refractivity contribution is 7.15. The first kappa shape index (κ1) is 27.2. The lowest BCUT2D eigenvalue weighted by Crippen LogP contribution is -2.16. The number of nitrogens with zero attached hydrogens (tertiary/aromatic N) is 5. The van der Waals surface area contributed by atoms with Crippen molar-refractivity contribution in [1.82, 2.24) is 24.4 Å². The average molecular weight is 586 g/mol. The van der Waals surface area contributed by atoms with Gasteiger partial charge in [-0.05, 0) is 24.6 Å². The number of carbonyl (C=O) groups is 1. The van der Waals surface area contributed by atoms with E-state index in [9.17, 15) is 39.9 Å². The molecular formula is C24H14F8N6OS. The molecule has 0 unspecified atom stereocenters. The molecule has 0 atom stereocenters. The van der Waals surface area contributed by atoms with Crippen LogP contribution in [0.4, 0.5) is 40.9 Å². The van der Waals surface area contributed by atoms with Gasteiger partial charge in [0.2, 0.25) is 5.82 Å². The third-order valence-electron chi connectivity index (χ3n) is 5.72. The fraction of sp³-hybridized carbons (Fsp3) is 0.167. The zero-order valence-electron chi connectivity index (χ0n) is 20.0. The molecule has 0 spiro atoms. The first-order valence-corrected chi connectivity index (χ1v) is 12.1. The summed E-state index contributed by atoms with van der Waals surface area (Å²) in [5.41, 5.74) is -2.98. The second kappa shape index (κ2) is 10.0. The quantitative estimate of drug-likeness (QED) is 0.145. The van der Waals surface area contributed by atoms with E-state index in [0.717, 1.165) is 34.0 Å². The van der Waals surface area contributed by atoms with Gasteiger partial charge in [0.05, 0.1) is 22.7 Å². The second-order valence-corrected chi connectivity index (χ2v) is 9.51. The van der Waals surface area contributed by atoms with Crippen LogP contribution in [0.5, 0.6) is 0 Å². The van der Waals surface area contributed by atoms with Crippen molar-refractivity contribution in [3.05, 3.63) is 87.4 Å². The number of aromatic nitrogens is 5. The largest absolute Gasteiger partial charge is 0.433 e.